The fourth-order valence-electron chi connectivity index (χ4n) is 1.11. The van der Waals surface area contributed by atoms with Crippen LogP contribution in [0.3, 0.4) is 0 Å². The molecule has 0 unspecified atom stereocenters. The highest BCUT2D eigenvalue weighted by Gasteiger charge is 1.96. The zero-order chi connectivity index (χ0) is 9.26. The molecule has 66 valence electrons. The SMILES string of the molecule is O=c1ccn(-c2cccc(Br)c2)[nH]1. The lowest BCUT2D eigenvalue weighted by Crippen LogP contribution is -2.02. The predicted molar refractivity (Wildman–Crippen MR) is 54.1 cm³/mol. The van der Waals surface area contributed by atoms with Gasteiger partial charge in [-0.25, -0.2) is 0 Å². The van der Waals surface area contributed by atoms with Crippen LogP contribution in [0.2, 0.25) is 0 Å². The summed E-state index contributed by atoms with van der Waals surface area (Å²) in [4.78, 5) is 10.9. The van der Waals surface area contributed by atoms with Crippen LogP contribution < -0.4 is 5.56 Å². The van der Waals surface area contributed by atoms with Gasteiger partial charge >= 0.3 is 0 Å². The molecular formula is C9H7BrN2O. The summed E-state index contributed by atoms with van der Waals surface area (Å²) in [5.74, 6) is 0. The summed E-state index contributed by atoms with van der Waals surface area (Å²) < 4.78 is 2.66. The number of aromatic nitrogens is 2. The van der Waals surface area contributed by atoms with Crippen LogP contribution in [-0.2, 0) is 0 Å². The first-order chi connectivity index (χ1) is 6.25. The van der Waals surface area contributed by atoms with Crippen LogP contribution in [0.1, 0.15) is 0 Å². The molecule has 2 rings (SSSR count). The van der Waals surface area contributed by atoms with Crippen LogP contribution in [0.5, 0.6) is 0 Å². The fourth-order valence-corrected chi connectivity index (χ4v) is 1.50. The second-order valence-electron chi connectivity index (χ2n) is 2.64. The van der Waals surface area contributed by atoms with Crippen molar-refractivity contribution < 1.29 is 0 Å². The highest BCUT2D eigenvalue weighted by atomic mass is 79.9. The molecule has 0 fully saturated rings. The molecule has 0 bridgehead atoms. The topological polar surface area (TPSA) is 37.8 Å². The van der Waals surface area contributed by atoms with E-state index in [0.29, 0.717) is 0 Å². The van der Waals surface area contributed by atoms with Crippen LogP contribution in [0.4, 0.5) is 0 Å². The average Bonchev–Trinajstić information content (AvgIpc) is 2.52. The van der Waals surface area contributed by atoms with Crippen molar-refractivity contribution >= 4 is 15.9 Å². The Hall–Kier alpha value is -1.29. The van der Waals surface area contributed by atoms with Crippen LogP contribution in [-0.4, -0.2) is 9.78 Å². The number of hydrogen-bond acceptors (Lipinski definition) is 1. The first-order valence-electron chi connectivity index (χ1n) is 3.79. The molecule has 1 aromatic heterocycles. The Morgan fingerprint density at radius 2 is 2.15 bits per heavy atom. The van der Waals surface area contributed by atoms with E-state index in [1.165, 1.54) is 6.07 Å². The maximum absolute atomic E-state index is 10.9. The molecule has 3 nitrogen and oxygen atoms in total. The highest BCUT2D eigenvalue weighted by Crippen LogP contribution is 2.13. The molecule has 1 N–H and O–H groups in total. The van der Waals surface area contributed by atoms with Gasteiger partial charge in [-0.05, 0) is 18.2 Å². The summed E-state index contributed by atoms with van der Waals surface area (Å²) in [5, 5.41) is 2.66. The molecule has 0 atom stereocenters. The molecule has 0 aliphatic carbocycles. The third-order valence-corrected chi connectivity index (χ3v) is 2.19. The first kappa shape index (κ1) is 8.31. The van der Waals surface area contributed by atoms with Gasteiger partial charge < -0.3 is 0 Å². The van der Waals surface area contributed by atoms with Crippen molar-refractivity contribution in [3.63, 3.8) is 0 Å². The monoisotopic (exact) mass is 238 g/mol. The molecule has 4 heteroatoms. The summed E-state index contributed by atoms with van der Waals surface area (Å²) in [6, 6.07) is 9.18. The Morgan fingerprint density at radius 1 is 1.31 bits per heavy atom. The number of H-pyrrole nitrogens is 1. The zero-order valence-electron chi connectivity index (χ0n) is 6.70. The standard InChI is InChI=1S/C9H7BrN2O/c10-7-2-1-3-8(6-7)12-5-4-9(13)11-12/h1-6H,(H,11,13). The number of hydrogen-bond donors (Lipinski definition) is 1. The Balaban J connectivity index is 2.52. The normalized spacial score (nSPS) is 10.2. The minimum Gasteiger partial charge on any atom is -0.268 e. The molecule has 0 amide bonds. The van der Waals surface area contributed by atoms with Crippen molar-refractivity contribution in [2.45, 2.75) is 0 Å². The molecule has 2 aromatic rings. The maximum atomic E-state index is 10.9. The Kier molecular flexibility index (Phi) is 2.06. The Morgan fingerprint density at radius 3 is 2.77 bits per heavy atom. The van der Waals surface area contributed by atoms with Crippen molar-refractivity contribution in [3.05, 3.63) is 51.4 Å². The highest BCUT2D eigenvalue weighted by molar-refractivity contribution is 9.10. The van der Waals surface area contributed by atoms with Crippen molar-refractivity contribution in [1.82, 2.24) is 9.78 Å². The van der Waals surface area contributed by atoms with Gasteiger partial charge in [-0.1, -0.05) is 22.0 Å². The van der Waals surface area contributed by atoms with Gasteiger partial charge in [0, 0.05) is 16.7 Å². The molecular weight excluding hydrogens is 232 g/mol. The van der Waals surface area contributed by atoms with E-state index in [1.54, 1.807) is 10.9 Å². The lowest BCUT2D eigenvalue weighted by molar-refractivity contribution is 0.863. The van der Waals surface area contributed by atoms with E-state index in [0.717, 1.165) is 10.2 Å². The minimum atomic E-state index is -0.0972. The smallest absolute Gasteiger partial charge is 0.264 e. The van der Waals surface area contributed by atoms with Gasteiger partial charge in [0.05, 0.1) is 5.69 Å². The third kappa shape index (κ3) is 1.72. The second kappa shape index (κ2) is 3.22. The summed E-state index contributed by atoms with van der Waals surface area (Å²) in [5.41, 5.74) is 0.830. The fraction of sp³-hybridized carbons (Fsp3) is 0. The van der Waals surface area contributed by atoms with Crippen LogP contribution >= 0.6 is 15.9 Å². The molecule has 0 saturated carbocycles. The van der Waals surface area contributed by atoms with E-state index in [4.69, 9.17) is 0 Å². The van der Waals surface area contributed by atoms with Crippen molar-refractivity contribution in [1.29, 1.82) is 0 Å². The number of nitrogens with one attached hydrogen (secondary N) is 1. The lowest BCUT2D eigenvalue weighted by atomic mass is 10.3. The number of halogens is 1. The van der Waals surface area contributed by atoms with E-state index >= 15 is 0 Å². The van der Waals surface area contributed by atoms with Crippen molar-refractivity contribution in [2.24, 2.45) is 0 Å². The largest absolute Gasteiger partial charge is 0.268 e. The van der Waals surface area contributed by atoms with Gasteiger partial charge in [0.1, 0.15) is 0 Å². The Bertz CT molecular complexity index is 472. The molecule has 0 radical (unpaired) electrons. The van der Waals surface area contributed by atoms with E-state index in [1.807, 2.05) is 24.3 Å². The van der Waals surface area contributed by atoms with Gasteiger partial charge in [0.15, 0.2) is 0 Å². The number of aromatic amines is 1. The zero-order valence-corrected chi connectivity index (χ0v) is 8.28. The molecule has 0 spiro atoms. The predicted octanol–water partition coefficient (Wildman–Crippen LogP) is 1.93. The van der Waals surface area contributed by atoms with Crippen molar-refractivity contribution in [2.75, 3.05) is 0 Å². The molecule has 1 heterocycles. The third-order valence-electron chi connectivity index (χ3n) is 1.69. The van der Waals surface area contributed by atoms with Crippen molar-refractivity contribution in [3.8, 4) is 5.69 Å². The molecule has 0 aliphatic rings. The van der Waals surface area contributed by atoms with Crippen LogP contribution in [0.25, 0.3) is 5.69 Å². The van der Waals surface area contributed by atoms with E-state index < -0.39 is 0 Å². The second-order valence-corrected chi connectivity index (χ2v) is 3.56. The van der Waals surface area contributed by atoms with Crippen LogP contribution in [0.15, 0.2) is 45.8 Å². The molecule has 13 heavy (non-hydrogen) atoms. The summed E-state index contributed by atoms with van der Waals surface area (Å²) in [7, 11) is 0. The van der Waals surface area contributed by atoms with Gasteiger partial charge in [0.2, 0.25) is 0 Å². The number of rotatable bonds is 1. The molecule has 0 saturated heterocycles. The van der Waals surface area contributed by atoms with E-state index in [9.17, 15) is 4.79 Å². The first-order valence-corrected chi connectivity index (χ1v) is 4.58. The maximum Gasteiger partial charge on any atom is 0.264 e. The summed E-state index contributed by atoms with van der Waals surface area (Å²) >= 11 is 3.36. The molecule has 1 aromatic carbocycles. The quantitative estimate of drug-likeness (QED) is 0.811. The van der Waals surface area contributed by atoms with Crippen LogP contribution in [0, 0.1) is 0 Å². The number of benzene rings is 1. The lowest BCUT2D eigenvalue weighted by Gasteiger charge is -2.01. The van der Waals surface area contributed by atoms with Gasteiger partial charge in [0.25, 0.3) is 5.56 Å². The molecule has 0 aliphatic heterocycles. The summed E-state index contributed by atoms with van der Waals surface area (Å²) in [6.45, 7) is 0. The van der Waals surface area contributed by atoms with Gasteiger partial charge in [-0.15, -0.1) is 0 Å². The Labute approximate surface area is 83.1 Å². The van der Waals surface area contributed by atoms with E-state index in [2.05, 4.69) is 21.0 Å². The van der Waals surface area contributed by atoms with E-state index in [-0.39, 0.29) is 5.56 Å². The summed E-state index contributed by atoms with van der Waals surface area (Å²) in [6.07, 6.45) is 1.70. The van der Waals surface area contributed by atoms with Gasteiger partial charge in [-0.3, -0.25) is 14.6 Å². The minimum absolute atomic E-state index is 0.0972. The van der Waals surface area contributed by atoms with Gasteiger partial charge in [-0.2, -0.15) is 0 Å². The average molecular weight is 239 g/mol. The number of nitrogens with zero attached hydrogens (tertiary/aromatic N) is 1.